The van der Waals surface area contributed by atoms with Crippen molar-refractivity contribution < 1.29 is 18.8 Å². The van der Waals surface area contributed by atoms with E-state index in [0.29, 0.717) is 48.9 Å². The minimum absolute atomic E-state index is 0.0910. The summed E-state index contributed by atoms with van der Waals surface area (Å²) in [6.45, 7) is 4.52. The molecule has 0 spiro atoms. The van der Waals surface area contributed by atoms with Crippen LogP contribution in [-0.4, -0.2) is 46.8 Å². The lowest BCUT2D eigenvalue weighted by atomic mass is 10.1. The fourth-order valence-electron chi connectivity index (χ4n) is 4.05. The van der Waals surface area contributed by atoms with Gasteiger partial charge in [-0.25, -0.2) is 4.39 Å². The second-order valence-corrected chi connectivity index (χ2v) is 8.89. The van der Waals surface area contributed by atoms with E-state index in [9.17, 15) is 19.3 Å². The molecule has 1 fully saturated rings. The van der Waals surface area contributed by atoms with Gasteiger partial charge in [-0.1, -0.05) is 35.9 Å². The van der Waals surface area contributed by atoms with Gasteiger partial charge in [-0.05, 0) is 48.4 Å². The van der Waals surface area contributed by atoms with Crippen molar-refractivity contribution in [2.75, 3.05) is 26.2 Å². The lowest BCUT2D eigenvalue weighted by Crippen LogP contribution is -2.48. The fraction of sp³-hybridized carbons (Fsp3) is 0.269. The molecular formula is C26H25ClFN3O4. The number of hydrogen-bond acceptors (Lipinski definition) is 5. The molecule has 35 heavy (non-hydrogen) atoms. The predicted octanol–water partition coefficient (Wildman–Crippen LogP) is 5.23. The number of ether oxygens (including phenoxy) is 1. The first-order chi connectivity index (χ1) is 16.8. The van der Waals surface area contributed by atoms with E-state index in [2.05, 4.69) is 4.90 Å². The largest absolute Gasteiger partial charge is 0.482 e. The zero-order valence-corrected chi connectivity index (χ0v) is 20.0. The number of nitro benzene ring substituents is 1. The third-order valence-electron chi connectivity index (χ3n) is 5.98. The monoisotopic (exact) mass is 497 g/mol. The van der Waals surface area contributed by atoms with Crippen molar-refractivity contribution in [1.29, 1.82) is 0 Å². The predicted molar refractivity (Wildman–Crippen MR) is 131 cm³/mol. The Morgan fingerprint density at radius 2 is 1.83 bits per heavy atom. The van der Waals surface area contributed by atoms with Gasteiger partial charge >= 0.3 is 5.69 Å². The summed E-state index contributed by atoms with van der Waals surface area (Å²) in [6, 6.07) is 16.5. The van der Waals surface area contributed by atoms with Gasteiger partial charge in [-0.3, -0.25) is 19.8 Å². The Kier molecular flexibility index (Phi) is 7.63. The van der Waals surface area contributed by atoms with Crippen molar-refractivity contribution in [3.05, 3.63) is 104 Å². The van der Waals surface area contributed by atoms with Gasteiger partial charge in [0, 0.05) is 54.9 Å². The second kappa shape index (κ2) is 10.8. The highest BCUT2D eigenvalue weighted by atomic mass is 35.5. The highest BCUT2D eigenvalue weighted by Gasteiger charge is 2.24. The highest BCUT2D eigenvalue weighted by Crippen LogP contribution is 2.28. The summed E-state index contributed by atoms with van der Waals surface area (Å²) < 4.78 is 19.8. The van der Waals surface area contributed by atoms with Crippen molar-refractivity contribution >= 4 is 23.2 Å². The number of piperazine rings is 1. The molecule has 1 saturated heterocycles. The molecule has 3 aromatic carbocycles. The van der Waals surface area contributed by atoms with Crippen LogP contribution in [0, 0.1) is 22.9 Å². The number of carbonyl (C=O) groups is 1. The molecule has 3 aromatic rings. The van der Waals surface area contributed by atoms with Crippen LogP contribution in [-0.2, 0) is 13.2 Å². The summed E-state index contributed by atoms with van der Waals surface area (Å²) in [5, 5.41) is 11.7. The molecule has 0 N–H and O–H groups in total. The Balaban J connectivity index is 1.36. The molecule has 182 valence electrons. The number of nitrogens with zero attached hydrogens (tertiary/aromatic N) is 3. The van der Waals surface area contributed by atoms with Gasteiger partial charge in [-0.2, -0.15) is 0 Å². The van der Waals surface area contributed by atoms with E-state index in [0.717, 1.165) is 11.1 Å². The number of benzene rings is 3. The fourth-order valence-corrected chi connectivity index (χ4v) is 4.27. The molecule has 9 heteroatoms. The van der Waals surface area contributed by atoms with Crippen LogP contribution in [0.5, 0.6) is 5.75 Å². The number of nitro groups is 1. The first-order valence-electron chi connectivity index (χ1n) is 11.2. The second-order valence-electron chi connectivity index (χ2n) is 8.49. The number of amides is 1. The van der Waals surface area contributed by atoms with Crippen LogP contribution < -0.4 is 4.74 Å². The molecule has 1 aliphatic rings. The van der Waals surface area contributed by atoms with E-state index < -0.39 is 4.92 Å². The van der Waals surface area contributed by atoms with Crippen molar-refractivity contribution in [3.63, 3.8) is 0 Å². The van der Waals surface area contributed by atoms with Crippen LogP contribution in [0.1, 0.15) is 27.0 Å². The molecule has 0 atom stereocenters. The molecule has 4 rings (SSSR count). The minimum atomic E-state index is -0.470. The van der Waals surface area contributed by atoms with Gasteiger partial charge in [-0.15, -0.1) is 0 Å². The number of rotatable bonds is 7. The maximum absolute atomic E-state index is 14.1. The van der Waals surface area contributed by atoms with Crippen LogP contribution in [0.2, 0.25) is 5.02 Å². The number of carbonyl (C=O) groups excluding carboxylic acids is 1. The van der Waals surface area contributed by atoms with Crippen LogP contribution in [0.4, 0.5) is 10.1 Å². The Morgan fingerprint density at radius 1 is 1.09 bits per heavy atom. The lowest BCUT2D eigenvalue weighted by molar-refractivity contribution is -0.386. The smallest absolute Gasteiger partial charge is 0.311 e. The number of aryl methyl sites for hydroxylation is 1. The zero-order chi connectivity index (χ0) is 24.9. The first kappa shape index (κ1) is 24.6. The molecule has 0 aliphatic carbocycles. The molecule has 0 aromatic heterocycles. The maximum Gasteiger partial charge on any atom is 0.311 e. The normalized spacial score (nSPS) is 14.1. The average Bonchev–Trinajstić information content (AvgIpc) is 2.85. The maximum atomic E-state index is 14.1. The van der Waals surface area contributed by atoms with Crippen LogP contribution in [0.15, 0.2) is 60.7 Å². The lowest BCUT2D eigenvalue weighted by Gasteiger charge is -2.35. The van der Waals surface area contributed by atoms with Crippen molar-refractivity contribution in [1.82, 2.24) is 9.80 Å². The molecule has 7 nitrogen and oxygen atoms in total. The van der Waals surface area contributed by atoms with Gasteiger partial charge in [0.25, 0.3) is 5.91 Å². The van der Waals surface area contributed by atoms with E-state index in [1.54, 1.807) is 54.3 Å². The van der Waals surface area contributed by atoms with Crippen molar-refractivity contribution in [2.45, 2.75) is 20.1 Å². The van der Waals surface area contributed by atoms with Crippen LogP contribution in [0.25, 0.3) is 0 Å². The quantitative estimate of drug-likeness (QED) is 0.330. The summed E-state index contributed by atoms with van der Waals surface area (Å²) in [4.78, 5) is 27.8. The number of hydrogen-bond donors (Lipinski definition) is 0. The van der Waals surface area contributed by atoms with Crippen LogP contribution in [0.3, 0.4) is 0 Å². The molecule has 0 radical (unpaired) electrons. The SMILES string of the molecule is Cc1ccc(OCc2cccc(C(=O)N3CCN(Cc4c(F)cccc4Cl)CC3)c2)c([N+](=O)[O-])c1. The average molecular weight is 498 g/mol. The number of halogens is 2. The topological polar surface area (TPSA) is 75.9 Å². The van der Waals surface area contributed by atoms with E-state index in [4.69, 9.17) is 16.3 Å². The Morgan fingerprint density at radius 3 is 2.54 bits per heavy atom. The van der Waals surface area contributed by atoms with E-state index in [1.165, 1.54) is 12.1 Å². The van der Waals surface area contributed by atoms with E-state index in [1.807, 2.05) is 6.07 Å². The van der Waals surface area contributed by atoms with Crippen LogP contribution >= 0.6 is 11.6 Å². The zero-order valence-electron chi connectivity index (χ0n) is 19.2. The third-order valence-corrected chi connectivity index (χ3v) is 6.34. The molecule has 1 heterocycles. The Labute approximate surface area is 207 Å². The Hall–Kier alpha value is -3.49. The van der Waals surface area contributed by atoms with Gasteiger partial charge < -0.3 is 9.64 Å². The molecule has 1 aliphatic heterocycles. The van der Waals surface area contributed by atoms with Crippen molar-refractivity contribution in [3.8, 4) is 5.75 Å². The van der Waals surface area contributed by atoms with Gasteiger partial charge in [0.15, 0.2) is 5.75 Å². The highest BCUT2D eigenvalue weighted by molar-refractivity contribution is 6.31. The Bertz CT molecular complexity index is 1220. The summed E-state index contributed by atoms with van der Waals surface area (Å²) in [6.07, 6.45) is 0. The van der Waals surface area contributed by atoms with Crippen molar-refractivity contribution in [2.24, 2.45) is 0 Å². The summed E-state index contributed by atoms with van der Waals surface area (Å²) in [5.41, 5.74) is 2.41. The first-order valence-corrected chi connectivity index (χ1v) is 11.6. The molecular weight excluding hydrogens is 473 g/mol. The summed E-state index contributed by atoms with van der Waals surface area (Å²) >= 11 is 6.14. The third kappa shape index (κ3) is 5.96. The molecule has 0 bridgehead atoms. The molecule has 0 saturated carbocycles. The summed E-state index contributed by atoms with van der Waals surface area (Å²) in [7, 11) is 0. The van der Waals surface area contributed by atoms with Gasteiger partial charge in [0.1, 0.15) is 12.4 Å². The minimum Gasteiger partial charge on any atom is -0.482 e. The van der Waals surface area contributed by atoms with Gasteiger partial charge in [0.05, 0.1) is 4.92 Å². The standard InChI is InChI=1S/C26H25ClFN3O4/c1-18-8-9-25(24(14-18)31(33)34)35-17-19-4-2-5-20(15-19)26(32)30-12-10-29(11-13-30)16-21-22(27)6-3-7-23(21)28/h2-9,14-15H,10-13,16-17H2,1H3. The molecule has 0 unspecified atom stereocenters. The molecule has 1 amide bonds. The van der Waals surface area contributed by atoms with E-state index >= 15 is 0 Å². The summed E-state index contributed by atoms with van der Waals surface area (Å²) in [5.74, 6) is -0.244. The van der Waals surface area contributed by atoms with Gasteiger partial charge in [0.2, 0.25) is 0 Å². The van der Waals surface area contributed by atoms with E-state index in [-0.39, 0.29) is 29.8 Å².